The molecule has 1 aliphatic heterocycles. The molecule has 1 fully saturated rings. The molecule has 4 nitrogen and oxygen atoms in total. The Morgan fingerprint density at radius 2 is 2.38 bits per heavy atom. The minimum atomic E-state index is -1.00. The largest absolute Gasteiger partial charge is 0.435 e. The fraction of sp³-hybridized carbons (Fsp3) is 0.778. The van der Waals surface area contributed by atoms with Gasteiger partial charge in [0.2, 0.25) is 6.29 Å². The van der Waals surface area contributed by atoms with Crippen LogP contribution in [0.15, 0.2) is 0 Å². The van der Waals surface area contributed by atoms with E-state index in [0.29, 0.717) is 13.0 Å². The number of ether oxygens (including phenoxy) is 2. The summed E-state index contributed by atoms with van der Waals surface area (Å²) in [4.78, 5) is 22.5. The third-order valence-corrected chi connectivity index (χ3v) is 2.39. The van der Waals surface area contributed by atoms with Gasteiger partial charge in [-0.1, -0.05) is 0 Å². The molecule has 0 amide bonds. The fourth-order valence-electron chi connectivity index (χ4n) is 1.27. The second kappa shape index (κ2) is 3.46. The number of carbonyl (C=O) groups excluding carboxylic acids is 2. The minimum absolute atomic E-state index is 0.167. The maximum atomic E-state index is 11.3. The number of hydrogen-bond donors (Lipinski definition) is 0. The summed E-state index contributed by atoms with van der Waals surface area (Å²) in [5, 5.41) is 0. The van der Waals surface area contributed by atoms with Crippen molar-refractivity contribution in [1.82, 2.24) is 0 Å². The number of esters is 1. The fourth-order valence-corrected chi connectivity index (χ4v) is 1.27. The monoisotopic (exact) mass is 186 g/mol. The zero-order chi connectivity index (χ0) is 10.1. The average molecular weight is 186 g/mol. The number of Topliss-reactive ketones (excluding diaryl/α,β-unsaturated/α-hetero) is 1. The van der Waals surface area contributed by atoms with Crippen LogP contribution in [0.3, 0.4) is 0 Å². The quantitative estimate of drug-likeness (QED) is 0.485. The van der Waals surface area contributed by atoms with Gasteiger partial charge in [-0.3, -0.25) is 9.59 Å². The van der Waals surface area contributed by atoms with Crippen LogP contribution >= 0.6 is 0 Å². The van der Waals surface area contributed by atoms with E-state index in [4.69, 9.17) is 9.47 Å². The van der Waals surface area contributed by atoms with E-state index >= 15 is 0 Å². The number of rotatable bonds is 3. The standard InChI is InChI=1S/C9H14O4/c1-4-12-7-5-9(3,6(2)10)8(11)13-7/h7H,4-5H2,1-3H3/t7-,9+/m1/s1. The van der Waals surface area contributed by atoms with Gasteiger partial charge in [-0.25, -0.2) is 0 Å². The van der Waals surface area contributed by atoms with Crippen molar-refractivity contribution in [2.45, 2.75) is 33.5 Å². The molecule has 0 N–H and O–H groups in total. The molecular weight excluding hydrogens is 172 g/mol. The van der Waals surface area contributed by atoms with Gasteiger partial charge in [0.1, 0.15) is 11.2 Å². The van der Waals surface area contributed by atoms with Gasteiger partial charge in [-0.05, 0) is 20.8 Å². The zero-order valence-corrected chi connectivity index (χ0v) is 8.12. The summed E-state index contributed by atoms with van der Waals surface area (Å²) >= 11 is 0. The third-order valence-electron chi connectivity index (χ3n) is 2.39. The summed E-state index contributed by atoms with van der Waals surface area (Å²) in [5.41, 5.74) is -1.00. The third kappa shape index (κ3) is 1.72. The van der Waals surface area contributed by atoms with Crippen molar-refractivity contribution < 1.29 is 19.1 Å². The molecule has 0 aromatic rings. The number of cyclic esters (lactones) is 1. The van der Waals surface area contributed by atoms with Crippen LogP contribution in [0.25, 0.3) is 0 Å². The zero-order valence-electron chi connectivity index (χ0n) is 8.12. The topological polar surface area (TPSA) is 52.6 Å². The van der Waals surface area contributed by atoms with Crippen molar-refractivity contribution in [2.75, 3.05) is 6.61 Å². The van der Waals surface area contributed by atoms with E-state index in [1.165, 1.54) is 6.92 Å². The van der Waals surface area contributed by atoms with Crippen molar-refractivity contribution in [1.29, 1.82) is 0 Å². The highest BCUT2D eigenvalue weighted by atomic mass is 16.7. The van der Waals surface area contributed by atoms with E-state index in [-0.39, 0.29) is 5.78 Å². The summed E-state index contributed by atoms with van der Waals surface area (Å²) in [6, 6.07) is 0. The van der Waals surface area contributed by atoms with Crippen LogP contribution in [0.1, 0.15) is 27.2 Å². The summed E-state index contributed by atoms with van der Waals surface area (Å²) in [5.74, 6) is -0.641. The Balaban J connectivity index is 2.71. The summed E-state index contributed by atoms with van der Waals surface area (Å²) in [6.45, 7) is 5.29. The molecule has 2 atom stereocenters. The molecule has 4 heteroatoms. The molecule has 0 radical (unpaired) electrons. The molecule has 0 spiro atoms. The SMILES string of the molecule is CCO[C@H]1C[C@@](C)(C(C)=O)C(=O)O1. The Labute approximate surface area is 77.2 Å². The van der Waals surface area contributed by atoms with Crippen LogP contribution in [0.2, 0.25) is 0 Å². The maximum absolute atomic E-state index is 11.3. The van der Waals surface area contributed by atoms with Gasteiger partial charge in [-0.15, -0.1) is 0 Å². The van der Waals surface area contributed by atoms with Crippen LogP contribution < -0.4 is 0 Å². The predicted octanol–water partition coefficient (Wildman–Crippen LogP) is 0.891. The first-order valence-electron chi connectivity index (χ1n) is 4.34. The summed E-state index contributed by atoms with van der Waals surface area (Å²) in [6.07, 6.45) is -0.221. The first-order chi connectivity index (χ1) is 6.00. The van der Waals surface area contributed by atoms with Gasteiger partial charge < -0.3 is 9.47 Å². The first kappa shape index (κ1) is 10.2. The summed E-state index contributed by atoms with van der Waals surface area (Å²) in [7, 11) is 0. The lowest BCUT2D eigenvalue weighted by Crippen LogP contribution is -2.30. The highest BCUT2D eigenvalue weighted by Crippen LogP contribution is 2.34. The number of carbonyl (C=O) groups is 2. The van der Waals surface area contributed by atoms with E-state index in [9.17, 15) is 9.59 Å². The highest BCUT2D eigenvalue weighted by molar-refractivity contribution is 6.03. The van der Waals surface area contributed by atoms with Crippen LogP contribution in [-0.2, 0) is 19.1 Å². The van der Waals surface area contributed by atoms with Crippen molar-refractivity contribution in [2.24, 2.45) is 5.41 Å². The van der Waals surface area contributed by atoms with Gasteiger partial charge in [0.25, 0.3) is 0 Å². The van der Waals surface area contributed by atoms with Gasteiger partial charge in [-0.2, -0.15) is 0 Å². The molecule has 1 aliphatic rings. The van der Waals surface area contributed by atoms with Crippen molar-refractivity contribution >= 4 is 11.8 Å². The molecule has 74 valence electrons. The second-order valence-corrected chi connectivity index (χ2v) is 3.38. The highest BCUT2D eigenvalue weighted by Gasteiger charge is 2.49. The molecule has 1 heterocycles. The summed E-state index contributed by atoms with van der Waals surface area (Å²) < 4.78 is 10.0. The Hall–Kier alpha value is -0.900. The Morgan fingerprint density at radius 1 is 1.77 bits per heavy atom. The average Bonchev–Trinajstić information content (AvgIpc) is 2.29. The van der Waals surface area contributed by atoms with Gasteiger partial charge in [0.15, 0.2) is 0 Å². The van der Waals surface area contributed by atoms with Gasteiger partial charge in [0, 0.05) is 13.0 Å². The second-order valence-electron chi connectivity index (χ2n) is 3.38. The molecule has 0 aliphatic carbocycles. The molecule has 0 aromatic heterocycles. The Kier molecular flexibility index (Phi) is 2.71. The number of hydrogen-bond acceptors (Lipinski definition) is 4. The first-order valence-corrected chi connectivity index (χ1v) is 4.34. The van der Waals surface area contributed by atoms with Crippen LogP contribution in [0, 0.1) is 5.41 Å². The van der Waals surface area contributed by atoms with E-state index in [0.717, 1.165) is 0 Å². The maximum Gasteiger partial charge on any atom is 0.321 e. The molecular formula is C9H14O4. The lowest BCUT2D eigenvalue weighted by molar-refractivity contribution is -0.164. The van der Waals surface area contributed by atoms with Crippen molar-refractivity contribution in [3.05, 3.63) is 0 Å². The van der Waals surface area contributed by atoms with Crippen LogP contribution in [0.5, 0.6) is 0 Å². The molecule has 1 rings (SSSR count). The van der Waals surface area contributed by atoms with E-state index in [1.54, 1.807) is 6.92 Å². The molecule has 1 saturated heterocycles. The van der Waals surface area contributed by atoms with Crippen LogP contribution in [-0.4, -0.2) is 24.6 Å². The molecule has 0 bridgehead atoms. The lowest BCUT2D eigenvalue weighted by atomic mass is 9.85. The lowest BCUT2D eigenvalue weighted by Gasteiger charge is -2.13. The van der Waals surface area contributed by atoms with E-state index < -0.39 is 17.7 Å². The van der Waals surface area contributed by atoms with E-state index in [2.05, 4.69) is 0 Å². The minimum Gasteiger partial charge on any atom is -0.435 e. The van der Waals surface area contributed by atoms with Gasteiger partial charge in [0.05, 0.1) is 0 Å². The smallest absolute Gasteiger partial charge is 0.321 e. The number of ketones is 1. The molecule has 0 saturated carbocycles. The van der Waals surface area contributed by atoms with Crippen LogP contribution in [0.4, 0.5) is 0 Å². The Morgan fingerprint density at radius 3 is 2.77 bits per heavy atom. The predicted molar refractivity (Wildman–Crippen MR) is 44.9 cm³/mol. The van der Waals surface area contributed by atoms with Crippen molar-refractivity contribution in [3.8, 4) is 0 Å². The Bertz CT molecular complexity index is 236. The molecule has 0 aromatic carbocycles. The van der Waals surface area contributed by atoms with E-state index in [1.807, 2.05) is 6.92 Å². The molecule has 13 heavy (non-hydrogen) atoms. The normalized spacial score (nSPS) is 33.2. The molecule has 0 unspecified atom stereocenters. The van der Waals surface area contributed by atoms with Crippen molar-refractivity contribution in [3.63, 3.8) is 0 Å². The van der Waals surface area contributed by atoms with Gasteiger partial charge >= 0.3 is 5.97 Å².